The summed E-state index contributed by atoms with van der Waals surface area (Å²) in [6.07, 6.45) is 0. The van der Waals surface area contributed by atoms with Gasteiger partial charge in [-0.25, -0.2) is 8.78 Å². The van der Waals surface area contributed by atoms with Gasteiger partial charge in [-0.05, 0) is 26.2 Å². The maximum Gasteiger partial charge on any atom is 0.236 e. The average Bonchev–Trinajstić information content (AvgIpc) is 2.39. The van der Waals surface area contributed by atoms with Gasteiger partial charge in [-0.1, -0.05) is 6.07 Å². The molecular formula is C15H23F2N3O. The Hall–Kier alpha value is -1.53. The van der Waals surface area contributed by atoms with Gasteiger partial charge in [0.05, 0.1) is 6.54 Å². The van der Waals surface area contributed by atoms with Crippen LogP contribution in [0.15, 0.2) is 18.2 Å². The van der Waals surface area contributed by atoms with E-state index in [9.17, 15) is 13.6 Å². The highest BCUT2D eigenvalue weighted by molar-refractivity contribution is 5.77. The molecule has 1 amide bonds. The maximum absolute atomic E-state index is 13.7. The molecule has 0 radical (unpaired) electrons. The molecule has 6 heteroatoms. The van der Waals surface area contributed by atoms with E-state index in [1.54, 1.807) is 19.0 Å². The fourth-order valence-electron chi connectivity index (χ4n) is 1.80. The first-order valence-corrected chi connectivity index (χ1v) is 6.81. The van der Waals surface area contributed by atoms with Gasteiger partial charge in [-0.15, -0.1) is 0 Å². The van der Waals surface area contributed by atoms with Gasteiger partial charge in [0.15, 0.2) is 0 Å². The molecule has 0 aromatic heterocycles. The Morgan fingerprint density at radius 1 is 1.05 bits per heavy atom. The topological polar surface area (TPSA) is 26.8 Å². The summed E-state index contributed by atoms with van der Waals surface area (Å²) in [7, 11) is 7.15. The lowest BCUT2D eigenvalue weighted by Crippen LogP contribution is -2.39. The summed E-state index contributed by atoms with van der Waals surface area (Å²) in [5.74, 6) is -1.25. The Bertz CT molecular complexity index is 458. The lowest BCUT2D eigenvalue weighted by atomic mass is 10.2. The van der Waals surface area contributed by atoms with Crippen molar-refractivity contribution < 1.29 is 13.6 Å². The van der Waals surface area contributed by atoms with Crippen LogP contribution in [0.3, 0.4) is 0 Å². The minimum absolute atomic E-state index is 0.00260. The molecule has 0 aliphatic carbocycles. The molecule has 21 heavy (non-hydrogen) atoms. The SMILES string of the molecule is CN(C)CCN(CC(=O)N(C)C)Cc1c(F)cccc1F. The number of hydrogen-bond acceptors (Lipinski definition) is 3. The van der Waals surface area contributed by atoms with Gasteiger partial charge < -0.3 is 9.80 Å². The molecule has 4 nitrogen and oxygen atoms in total. The number of hydrogen-bond donors (Lipinski definition) is 0. The zero-order valence-corrected chi connectivity index (χ0v) is 13.1. The number of benzene rings is 1. The molecule has 0 heterocycles. The summed E-state index contributed by atoms with van der Waals surface area (Å²) < 4.78 is 27.5. The lowest BCUT2D eigenvalue weighted by molar-refractivity contribution is -0.130. The van der Waals surface area contributed by atoms with Gasteiger partial charge in [0.1, 0.15) is 11.6 Å². The standard InChI is InChI=1S/C15H23F2N3O/c1-18(2)8-9-20(11-15(21)19(3)4)10-12-13(16)6-5-7-14(12)17/h5-7H,8-11H2,1-4H3. The van der Waals surface area contributed by atoms with Gasteiger partial charge in [-0.2, -0.15) is 0 Å². The molecule has 1 rings (SSSR count). The van der Waals surface area contributed by atoms with E-state index in [0.717, 1.165) is 0 Å². The molecule has 0 atom stereocenters. The van der Waals surface area contributed by atoms with E-state index in [4.69, 9.17) is 0 Å². The minimum atomic E-state index is -0.581. The van der Waals surface area contributed by atoms with E-state index >= 15 is 0 Å². The van der Waals surface area contributed by atoms with Crippen molar-refractivity contribution in [3.05, 3.63) is 35.4 Å². The summed E-state index contributed by atoms with van der Waals surface area (Å²) in [6, 6.07) is 3.80. The number of amides is 1. The fraction of sp³-hybridized carbons (Fsp3) is 0.533. The Kier molecular flexibility index (Phi) is 6.71. The van der Waals surface area contributed by atoms with Crippen molar-refractivity contribution in [2.75, 3.05) is 47.8 Å². The Balaban J connectivity index is 2.83. The number of nitrogens with zero attached hydrogens (tertiary/aromatic N) is 3. The third-order valence-corrected chi connectivity index (χ3v) is 3.16. The predicted molar refractivity (Wildman–Crippen MR) is 78.9 cm³/mol. The third kappa shape index (κ3) is 5.77. The Morgan fingerprint density at radius 3 is 2.10 bits per heavy atom. The zero-order valence-electron chi connectivity index (χ0n) is 13.1. The van der Waals surface area contributed by atoms with Crippen molar-refractivity contribution in [1.29, 1.82) is 0 Å². The molecule has 0 saturated carbocycles. The van der Waals surface area contributed by atoms with Crippen LogP contribution in [0.25, 0.3) is 0 Å². The summed E-state index contributed by atoms with van der Waals surface area (Å²) >= 11 is 0. The van der Waals surface area contributed by atoms with Crippen molar-refractivity contribution >= 4 is 5.91 Å². The molecule has 0 aliphatic heterocycles. The summed E-state index contributed by atoms with van der Waals surface area (Å²) in [6.45, 7) is 1.47. The van der Waals surface area contributed by atoms with Crippen LogP contribution < -0.4 is 0 Å². The molecule has 0 spiro atoms. The summed E-state index contributed by atoms with van der Waals surface area (Å²) in [5, 5.41) is 0. The normalized spacial score (nSPS) is 11.2. The molecule has 1 aromatic rings. The first-order valence-electron chi connectivity index (χ1n) is 6.81. The fourth-order valence-corrected chi connectivity index (χ4v) is 1.80. The van der Waals surface area contributed by atoms with E-state index < -0.39 is 11.6 Å². The molecule has 118 valence electrons. The van der Waals surface area contributed by atoms with Crippen LogP contribution >= 0.6 is 0 Å². The van der Waals surface area contributed by atoms with Crippen LogP contribution in [0, 0.1) is 11.6 Å². The minimum Gasteiger partial charge on any atom is -0.348 e. The van der Waals surface area contributed by atoms with Crippen molar-refractivity contribution in [3.8, 4) is 0 Å². The Labute approximate surface area is 124 Å². The molecule has 0 fully saturated rings. The molecule has 0 N–H and O–H groups in total. The average molecular weight is 299 g/mol. The first kappa shape index (κ1) is 17.5. The van der Waals surface area contributed by atoms with Gasteiger partial charge in [-0.3, -0.25) is 9.69 Å². The van der Waals surface area contributed by atoms with E-state index in [1.807, 2.05) is 19.0 Å². The van der Waals surface area contributed by atoms with Crippen molar-refractivity contribution in [3.63, 3.8) is 0 Å². The highest BCUT2D eigenvalue weighted by Gasteiger charge is 2.17. The van der Waals surface area contributed by atoms with E-state index in [-0.39, 0.29) is 24.6 Å². The van der Waals surface area contributed by atoms with Crippen LogP contribution in [0.1, 0.15) is 5.56 Å². The third-order valence-electron chi connectivity index (χ3n) is 3.16. The van der Waals surface area contributed by atoms with Crippen LogP contribution in [-0.2, 0) is 11.3 Å². The van der Waals surface area contributed by atoms with E-state index in [1.165, 1.54) is 23.1 Å². The molecule has 0 bridgehead atoms. The number of likely N-dealkylation sites (N-methyl/N-ethyl adjacent to an activating group) is 2. The second-order valence-corrected chi connectivity index (χ2v) is 5.50. The van der Waals surface area contributed by atoms with Gasteiger partial charge >= 0.3 is 0 Å². The van der Waals surface area contributed by atoms with E-state index in [0.29, 0.717) is 13.1 Å². The number of halogens is 2. The monoisotopic (exact) mass is 299 g/mol. The molecule has 0 saturated heterocycles. The second-order valence-electron chi connectivity index (χ2n) is 5.50. The maximum atomic E-state index is 13.7. The number of carbonyl (C=O) groups excluding carboxylic acids is 1. The largest absolute Gasteiger partial charge is 0.348 e. The predicted octanol–water partition coefficient (Wildman–Crippen LogP) is 1.42. The smallest absolute Gasteiger partial charge is 0.236 e. The zero-order chi connectivity index (χ0) is 16.0. The molecule has 0 unspecified atom stereocenters. The highest BCUT2D eigenvalue weighted by Crippen LogP contribution is 2.14. The van der Waals surface area contributed by atoms with Crippen LogP contribution in [0.5, 0.6) is 0 Å². The van der Waals surface area contributed by atoms with E-state index in [2.05, 4.69) is 0 Å². The first-order chi connectivity index (χ1) is 9.81. The number of rotatable bonds is 7. The Morgan fingerprint density at radius 2 is 1.62 bits per heavy atom. The summed E-state index contributed by atoms with van der Waals surface area (Å²) in [4.78, 5) is 17.0. The van der Waals surface area contributed by atoms with Gasteiger partial charge in [0.2, 0.25) is 5.91 Å². The van der Waals surface area contributed by atoms with Crippen LogP contribution in [-0.4, -0.2) is 68.4 Å². The van der Waals surface area contributed by atoms with Crippen LogP contribution in [0.4, 0.5) is 8.78 Å². The quantitative estimate of drug-likeness (QED) is 0.762. The highest BCUT2D eigenvalue weighted by atomic mass is 19.1. The van der Waals surface area contributed by atoms with Crippen molar-refractivity contribution in [2.45, 2.75) is 6.54 Å². The molecule has 0 aliphatic rings. The van der Waals surface area contributed by atoms with Crippen molar-refractivity contribution in [1.82, 2.24) is 14.7 Å². The van der Waals surface area contributed by atoms with Gasteiger partial charge in [0, 0.05) is 39.3 Å². The van der Waals surface area contributed by atoms with Crippen molar-refractivity contribution in [2.24, 2.45) is 0 Å². The second kappa shape index (κ2) is 8.05. The number of carbonyl (C=O) groups is 1. The summed E-state index contributed by atoms with van der Waals surface area (Å²) in [5.41, 5.74) is 0.00260. The van der Waals surface area contributed by atoms with Gasteiger partial charge in [0.25, 0.3) is 0 Å². The lowest BCUT2D eigenvalue weighted by Gasteiger charge is -2.25. The molecular weight excluding hydrogens is 276 g/mol. The van der Waals surface area contributed by atoms with Crippen LogP contribution in [0.2, 0.25) is 0 Å². The molecule has 1 aromatic carbocycles.